The largest absolute Gasteiger partial charge is 0.360 e. The molecule has 0 fully saturated rings. The molecule has 0 radical (unpaired) electrons. The molecule has 0 aliphatic carbocycles. The van der Waals surface area contributed by atoms with Gasteiger partial charge in [-0.1, -0.05) is 55.9 Å². The monoisotopic (exact) mass is 262 g/mol. The number of rotatable bonds is 4. The topological polar surface area (TPSA) is 24.4 Å². The molecule has 0 aromatic heterocycles. The van der Waals surface area contributed by atoms with Gasteiger partial charge in [-0.05, 0) is 25.3 Å². The Kier molecular flexibility index (Phi) is 4.33. The van der Waals surface area contributed by atoms with Gasteiger partial charge in [0.1, 0.15) is 0 Å². The van der Waals surface area contributed by atoms with Crippen LogP contribution in [0.15, 0.2) is 35.3 Å². The number of hydrogen-bond donors (Lipinski definition) is 1. The molecule has 1 aliphatic heterocycles. The molecule has 1 N–H and O–H groups in total. The Balaban J connectivity index is 2.05. The van der Waals surface area contributed by atoms with Crippen molar-refractivity contribution in [2.24, 2.45) is 4.99 Å². The van der Waals surface area contributed by atoms with Gasteiger partial charge in [-0.2, -0.15) is 0 Å². The molecule has 0 bridgehead atoms. The van der Waals surface area contributed by atoms with Gasteiger partial charge in [0, 0.05) is 11.3 Å². The highest BCUT2D eigenvalue weighted by atomic mass is 32.2. The Bertz CT molecular complexity index is 410. The summed E-state index contributed by atoms with van der Waals surface area (Å²) in [6.07, 6.45) is 2.25. The quantitative estimate of drug-likeness (QED) is 0.887. The third-order valence-corrected chi connectivity index (χ3v) is 4.77. The molecule has 1 atom stereocenters. The summed E-state index contributed by atoms with van der Waals surface area (Å²) in [5.74, 6) is 1.05. The van der Waals surface area contributed by atoms with Gasteiger partial charge >= 0.3 is 0 Å². The number of hydrogen-bond acceptors (Lipinski definition) is 3. The van der Waals surface area contributed by atoms with Gasteiger partial charge in [0.2, 0.25) is 0 Å². The predicted octanol–water partition coefficient (Wildman–Crippen LogP) is 4.00. The summed E-state index contributed by atoms with van der Waals surface area (Å²) < 4.78 is 0. The molecule has 2 nitrogen and oxygen atoms in total. The van der Waals surface area contributed by atoms with Crippen LogP contribution in [0, 0.1) is 0 Å². The fourth-order valence-corrected chi connectivity index (χ4v) is 3.08. The maximum absolute atomic E-state index is 4.81. The molecule has 98 valence electrons. The minimum Gasteiger partial charge on any atom is -0.360 e. The van der Waals surface area contributed by atoms with Crippen LogP contribution in [0.2, 0.25) is 0 Å². The van der Waals surface area contributed by atoms with E-state index in [9.17, 15) is 0 Å². The lowest BCUT2D eigenvalue weighted by molar-refractivity contribution is 0.391. The second kappa shape index (κ2) is 5.79. The third kappa shape index (κ3) is 3.08. The molecule has 2 rings (SSSR count). The van der Waals surface area contributed by atoms with E-state index in [1.165, 1.54) is 5.56 Å². The number of nitrogens with zero attached hydrogens (tertiary/aromatic N) is 1. The lowest BCUT2D eigenvalue weighted by Crippen LogP contribution is -2.43. The third-order valence-electron chi connectivity index (χ3n) is 3.80. The maximum Gasteiger partial charge on any atom is 0.157 e. The van der Waals surface area contributed by atoms with Crippen LogP contribution < -0.4 is 5.32 Å². The van der Waals surface area contributed by atoms with Crippen molar-refractivity contribution in [3.63, 3.8) is 0 Å². The molecule has 1 heterocycles. The van der Waals surface area contributed by atoms with E-state index in [0.29, 0.717) is 6.04 Å². The summed E-state index contributed by atoms with van der Waals surface area (Å²) >= 11 is 1.84. The van der Waals surface area contributed by atoms with Gasteiger partial charge in [-0.3, -0.25) is 4.99 Å². The van der Waals surface area contributed by atoms with E-state index in [-0.39, 0.29) is 5.54 Å². The van der Waals surface area contributed by atoms with Gasteiger partial charge in [-0.25, -0.2) is 0 Å². The smallest absolute Gasteiger partial charge is 0.157 e. The summed E-state index contributed by atoms with van der Waals surface area (Å²) in [5, 5.41) is 4.71. The van der Waals surface area contributed by atoms with Crippen LogP contribution in [0.25, 0.3) is 0 Å². The van der Waals surface area contributed by atoms with Crippen molar-refractivity contribution in [3.8, 4) is 0 Å². The first-order valence-electron chi connectivity index (χ1n) is 6.70. The zero-order chi connectivity index (χ0) is 13.0. The summed E-state index contributed by atoms with van der Waals surface area (Å²) in [7, 11) is 0. The fourth-order valence-electron chi connectivity index (χ4n) is 1.97. The molecule has 1 aliphatic rings. The van der Waals surface area contributed by atoms with Crippen molar-refractivity contribution in [1.29, 1.82) is 0 Å². The van der Waals surface area contributed by atoms with Crippen molar-refractivity contribution in [2.45, 2.75) is 45.2 Å². The molecule has 1 aromatic rings. The zero-order valence-corrected chi connectivity index (χ0v) is 12.3. The van der Waals surface area contributed by atoms with E-state index < -0.39 is 0 Å². The van der Waals surface area contributed by atoms with Crippen LogP contribution in [0.3, 0.4) is 0 Å². The Morgan fingerprint density at radius 1 is 1.28 bits per heavy atom. The molecule has 1 aromatic carbocycles. The highest BCUT2D eigenvalue weighted by Gasteiger charge is 2.26. The lowest BCUT2D eigenvalue weighted by atomic mass is 9.96. The highest BCUT2D eigenvalue weighted by Crippen LogP contribution is 2.30. The molecule has 18 heavy (non-hydrogen) atoms. The normalized spacial score (nSPS) is 19.7. The average molecular weight is 262 g/mol. The number of benzene rings is 1. The zero-order valence-electron chi connectivity index (χ0n) is 11.4. The maximum atomic E-state index is 4.81. The second-order valence-electron chi connectivity index (χ2n) is 5.06. The molecule has 0 amide bonds. The second-order valence-corrected chi connectivity index (χ2v) is 6.07. The van der Waals surface area contributed by atoms with Crippen LogP contribution in [-0.4, -0.2) is 16.5 Å². The van der Waals surface area contributed by atoms with Gasteiger partial charge in [0.05, 0.1) is 6.04 Å². The average Bonchev–Trinajstić information content (AvgIpc) is 2.88. The van der Waals surface area contributed by atoms with E-state index >= 15 is 0 Å². The first-order chi connectivity index (χ1) is 8.67. The van der Waals surface area contributed by atoms with Crippen LogP contribution in [0.4, 0.5) is 0 Å². The van der Waals surface area contributed by atoms with Crippen LogP contribution >= 0.6 is 11.8 Å². The van der Waals surface area contributed by atoms with E-state index in [1.807, 2.05) is 11.8 Å². The lowest BCUT2D eigenvalue weighted by Gasteiger charge is -2.28. The molecule has 0 saturated carbocycles. The standard InChI is InChI=1S/C15H22N2S/c1-4-15(3,5-2)17-14-16-13(11-18-14)12-9-7-6-8-10-12/h6-10,13H,4-5,11H2,1-3H3,(H,16,17). The van der Waals surface area contributed by atoms with Crippen molar-refractivity contribution in [3.05, 3.63) is 35.9 Å². The van der Waals surface area contributed by atoms with E-state index in [2.05, 4.69) is 56.4 Å². The summed E-state index contributed by atoms with van der Waals surface area (Å²) in [6.45, 7) is 6.72. The predicted molar refractivity (Wildman–Crippen MR) is 81.2 cm³/mol. The molecule has 1 unspecified atom stereocenters. The van der Waals surface area contributed by atoms with E-state index in [1.54, 1.807) is 0 Å². The summed E-state index contributed by atoms with van der Waals surface area (Å²) in [5.41, 5.74) is 1.49. The summed E-state index contributed by atoms with van der Waals surface area (Å²) in [4.78, 5) is 4.81. The highest BCUT2D eigenvalue weighted by molar-refractivity contribution is 8.14. The van der Waals surface area contributed by atoms with E-state index in [0.717, 1.165) is 23.8 Å². The van der Waals surface area contributed by atoms with Gasteiger partial charge in [-0.15, -0.1) is 0 Å². The van der Waals surface area contributed by atoms with Gasteiger partial charge < -0.3 is 5.32 Å². The van der Waals surface area contributed by atoms with E-state index in [4.69, 9.17) is 4.99 Å². The first-order valence-corrected chi connectivity index (χ1v) is 7.69. The van der Waals surface area contributed by atoms with Crippen LogP contribution in [-0.2, 0) is 0 Å². The first kappa shape index (κ1) is 13.5. The number of aliphatic imine (C=N–C) groups is 1. The number of nitrogens with one attached hydrogen (secondary N) is 1. The van der Waals surface area contributed by atoms with Crippen molar-refractivity contribution in [2.75, 3.05) is 5.75 Å². The number of amidine groups is 1. The fraction of sp³-hybridized carbons (Fsp3) is 0.533. The van der Waals surface area contributed by atoms with Crippen molar-refractivity contribution in [1.82, 2.24) is 5.32 Å². The Morgan fingerprint density at radius 3 is 2.56 bits per heavy atom. The van der Waals surface area contributed by atoms with Crippen molar-refractivity contribution >= 4 is 16.9 Å². The SMILES string of the molecule is CCC(C)(CC)NC1=NC(c2ccccc2)CS1. The minimum atomic E-state index is 0.178. The Labute approximate surface area is 114 Å². The van der Waals surface area contributed by atoms with Crippen molar-refractivity contribution < 1.29 is 0 Å². The number of thioether (sulfide) groups is 1. The molecule has 3 heteroatoms. The molecule has 0 saturated heterocycles. The van der Waals surface area contributed by atoms with Crippen LogP contribution in [0.1, 0.15) is 45.2 Å². The van der Waals surface area contributed by atoms with Crippen LogP contribution in [0.5, 0.6) is 0 Å². The van der Waals surface area contributed by atoms with Gasteiger partial charge in [0.15, 0.2) is 5.17 Å². The summed E-state index contributed by atoms with van der Waals surface area (Å²) in [6, 6.07) is 10.9. The Morgan fingerprint density at radius 2 is 1.94 bits per heavy atom. The minimum absolute atomic E-state index is 0.178. The molecular formula is C15H22N2S. The molecule has 0 spiro atoms. The molecular weight excluding hydrogens is 240 g/mol. The Hall–Kier alpha value is -0.960. The van der Waals surface area contributed by atoms with Gasteiger partial charge in [0.25, 0.3) is 0 Å².